The van der Waals surface area contributed by atoms with E-state index in [1.54, 1.807) is 0 Å². The van der Waals surface area contributed by atoms with Gasteiger partial charge in [0.25, 0.3) is 0 Å². The third kappa shape index (κ3) is 3.94. The molecule has 0 amide bonds. The zero-order chi connectivity index (χ0) is 15.3. The van der Waals surface area contributed by atoms with E-state index < -0.39 is 0 Å². The van der Waals surface area contributed by atoms with E-state index in [0.717, 1.165) is 26.2 Å². The molecule has 1 atom stereocenters. The molecule has 3 nitrogen and oxygen atoms in total. The second-order valence-electron chi connectivity index (χ2n) is 6.33. The van der Waals surface area contributed by atoms with Gasteiger partial charge in [0.05, 0.1) is 6.61 Å². The largest absolute Gasteiger partial charge is 0.384 e. The lowest BCUT2D eigenvalue weighted by molar-refractivity contribution is 0.0765. The lowest BCUT2D eigenvalue weighted by Gasteiger charge is -2.28. The topological polar surface area (TPSA) is 25.4 Å². The molecule has 0 saturated carbocycles. The van der Waals surface area contributed by atoms with Crippen LogP contribution in [0.4, 0.5) is 0 Å². The van der Waals surface area contributed by atoms with Gasteiger partial charge in [-0.15, -0.1) is 11.3 Å². The van der Waals surface area contributed by atoms with E-state index in [-0.39, 0.29) is 0 Å². The summed E-state index contributed by atoms with van der Waals surface area (Å²) in [6.45, 7) is 4.14. The van der Waals surface area contributed by atoms with E-state index in [9.17, 15) is 0 Å². The second-order valence-corrected chi connectivity index (χ2v) is 7.37. The molecular formula is C18H24N2OS. The molecule has 0 aromatic carbocycles. The fourth-order valence-electron chi connectivity index (χ4n) is 3.46. The Labute approximate surface area is 137 Å². The summed E-state index contributed by atoms with van der Waals surface area (Å²) in [6.07, 6.45) is 7.42. The number of aromatic nitrogens is 1. The van der Waals surface area contributed by atoms with Gasteiger partial charge < -0.3 is 4.74 Å². The van der Waals surface area contributed by atoms with Gasteiger partial charge in [-0.3, -0.25) is 9.88 Å². The van der Waals surface area contributed by atoms with Crippen molar-refractivity contribution in [1.82, 2.24) is 9.88 Å². The summed E-state index contributed by atoms with van der Waals surface area (Å²) < 4.78 is 5.56. The van der Waals surface area contributed by atoms with Crippen LogP contribution < -0.4 is 0 Å². The van der Waals surface area contributed by atoms with E-state index in [4.69, 9.17) is 4.74 Å². The molecule has 0 unspecified atom stereocenters. The quantitative estimate of drug-likeness (QED) is 0.780. The second kappa shape index (κ2) is 7.36. The minimum atomic E-state index is 0.306. The van der Waals surface area contributed by atoms with Crippen LogP contribution in [0, 0.1) is 5.41 Å². The van der Waals surface area contributed by atoms with E-state index >= 15 is 0 Å². The van der Waals surface area contributed by atoms with E-state index in [2.05, 4.69) is 33.5 Å². The average Bonchev–Trinajstić information content (AvgIpc) is 3.17. The maximum absolute atomic E-state index is 5.56. The zero-order valence-corrected chi connectivity index (χ0v) is 14.0. The Morgan fingerprint density at radius 2 is 2.32 bits per heavy atom. The fourth-order valence-corrected chi connectivity index (χ4v) is 4.16. The van der Waals surface area contributed by atoms with Crippen LogP contribution in [0.1, 0.15) is 23.3 Å². The lowest BCUT2D eigenvalue weighted by Crippen LogP contribution is -2.31. The molecule has 0 N–H and O–H groups in total. The maximum atomic E-state index is 5.56. The highest BCUT2D eigenvalue weighted by atomic mass is 32.1. The molecule has 2 aromatic heterocycles. The Kier molecular flexibility index (Phi) is 5.24. The predicted octanol–water partition coefficient (Wildman–Crippen LogP) is 3.61. The summed E-state index contributed by atoms with van der Waals surface area (Å²) in [6, 6.07) is 8.57. The van der Waals surface area contributed by atoms with Crippen molar-refractivity contribution in [3.63, 3.8) is 0 Å². The highest BCUT2D eigenvalue weighted by molar-refractivity contribution is 7.09. The number of hydrogen-bond acceptors (Lipinski definition) is 4. The third-order valence-electron chi connectivity index (χ3n) is 4.58. The Bertz CT molecular complexity index is 558. The first-order chi connectivity index (χ1) is 10.8. The van der Waals surface area contributed by atoms with Crippen molar-refractivity contribution in [3.8, 4) is 0 Å². The smallest absolute Gasteiger partial charge is 0.0531 e. The van der Waals surface area contributed by atoms with Crippen LogP contribution in [0.5, 0.6) is 0 Å². The highest BCUT2D eigenvalue weighted by Crippen LogP contribution is 2.36. The van der Waals surface area contributed by atoms with Crippen molar-refractivity contribution in [2.24, 2.45) is 5.41 Å². The first kappa shape index (κ1) is 15.7. The minimum Gasteiger partial charge on any atom is -0.384 e. The SMILES string of the molecule is COC[C@@]1(CCc2cccs2)CCN(Cc2cccnc2)C1. The van der Waals surface area contributed by atoms with Crippen LogP contribution >= 0.6 is 11.3 Å². The minimum absolute atomic E-state index is 0.306. The molecule has 3 rings (SSSR count). The molecule has 1 fully saturated rings. The van der Waals surface area contributed by atoms with Crippen LogP contribution in [0.25, 0.3) is 0 Å². The average molecular weight is 316 g/mol. The van der Waals surface area contributed by atoms with Gasteiger partial charge in [-0.25, -0.2) is 0 Å². The Morgan fingerprint density at radius 1 is 1.36 bits per heavy atom. The molecule has 0 radical (unpaired) electrons. The number of aryl methyl sites for hydroxylation is 1. The van der Waals surface area contributed by atoms with E-state index in [1.165, 1.54) is 29.7 Å². The van der Waals surface area contributed by atoms with Crippen molar-refractivity contribution < 1.29 is 4.74 Å². The van der Waals surface area contributed by atoms with Gasteiger partial charge in [-0.2, -0.15) is 0 Å². The van der Waals surface area contributed by atoms with Crippen LogP contribution in [0.15, 0.2) is 42.0 Å². The fraction of sp³-hybridized carbons (Fsp3) is 0.500. The summed E-state index contributed by atoms with van der Waals surface area (Å²) >= 11 is 1.86. The Hall–Kier alpha value is -1.23. The lowest BCUT2D eigenvalue weighted by atomic mass is 9.83. The third-order valence-corrected chi connectivity index (χ3v) is 5.51. The molecule has 4 heteroatoms. The molecule has 1 aliphatic heterocycles. The maximum Gasteiger partial charge on any atom is 0.0531 e. The number of likely N-dealkylation sites (tertiary alicyclic amines) is 1. The van der Waals surface area contributed by atoms with Crippen molar-refractivity contribution in [3.05, 3.63) is 52.5 Å². The van der Waals surface area contributed by atoms with Gasteiger partial charge >= 0.3 is 0 Å². The van der Waals surface area contributed by atoms with Gasteiger partial charge in [-0.1, -0.05) is 12.1 Å². The molecule has 0 bridgehead atoms. The van der Waals surface area contributed by atoms with Crippen molar-refractivity contribution >= 4 is 11.3 Å². The first-order valence-corrected chi connectivity index (χ1v) is 8.80. The monoisotopic (exact) mass is 316 g/mol. The standard InChI is InChI=1S/C18H24N2OS/c1-21-15-18(7-6-17-5-3-11-22-17)8-10-20(14-18)13-16-4-2-9-19-12-16/h2-5,9,11-12H,6-8,10,13-15H2,1H3/t18-/m0/s1. The molecule has 22 heavy (non-hydrogen) atoms. The van der Waals surface area contributed by atoms with Gasteiger partial charge in [-0.05, 0) is 48.9 Å². The van der Waals surface area contributed by atoms with Crippen LogP contribution in [0.3, 0.4) is 0 Å². The molecule has 1 saturated heterocycles. The number of ether oxygens (including phenoxy) is 1. The molecule has 1 aliphatic rings. The van der Waals surface area contributed by atoms with Crippen molar-refractivity contribution in [2.45, 2.75) is 25.8 Å². The van der Waals surface area contributed by atoms with E-state index in [0.29, 0.717) is 5.41 Å². The number of pyridine rings is 1. The summed E-state index contributed by atoms with van der Waals surface area (Å²) in [4.78, 5) is 8.25. The first-order valence-electron chi connectivity index (χ1n) is 7.92. The van der Waals surface area contributed by atoms with Gasteiger partial charge in [0.15, 0.2) is 0 Å². The number of nitrogens with zero attached hydrogens (tertiary/aromatic N) is 2. The van der Waals surface area contributed by atoms with Gasteiger partial charge in [0.1, 0.15) is 0 Å². The van der Waals surface area contributed by atoms with Gasteiger partial charge in [0, 0.05) is 42.9 Å². The Balaban J connectivity index is 1.60. The van der Waals surface area contributed by atoms with Crippen LogP contribution in [0.2, 0.25) is 0 Å². The molecule has 3 heterocycles. The van der Waals surface area contributed by atoms with Gasteiger partial charge in [0.2, 0.25) is 0 Å². The number of methoxy groups -OCH3 is 1. The summed E-state index contributed by atoms with van der Waals surface area (Å²) in [5.41, 5.74) is 1.61. The number of hydrogen-bond donors (Lipinski definition) is 0. The molecule has 0 aliphatic carbocycles. The predicted molar refractivity (Wildman–Crippen MR) is 91.1 cm³/mol. The Morgan fingerprint density at radius 3 is 3.05 bits per heavy atom. The van der Waals surface area contributed by atoms with Crippen LogP contribution in [-0.2, 0) is 17.7 Å². The normalized spacial score (nSPS) is 22.2. The van der Waals surface area contributed by atoms with Crippen LogP contribution in [-0.4, -0.2) is 36.7 Å². The van der Waals surface area contributed by atoms with Crippen molar-refractivity contribution in [2.75, 3.05) is 26.8 Å². The molecule has 2 aromatic rings. The molecule has 0 spiro atoms. The molecular weight excluding hydrogens is 292 g/mol. The summed E-state index contributed by atoms with van der Waals surface area (Å²) in [7, 11) is 1.83. The highest BCUT2D eigenvalue weighted by Gasteiger charge is 2.37. The zero-order valence-electron chi connectivity index (χ0n) is 13.2. The van der Waals surface area contributed by atoms with Crippen molar-refractivity contribution in [1.29, 1.82) is 0 Å². The number of rotatable bonds is 7. The summed E-state index contributed by atoms with van der Waals surface area (Å²) in [5, 5.41) is 2.17. The summed E-state index contributed by atoms with van der Waals surface area (Å²) in [5.74, 6) is 0. The van der Waals surface area contributed by atoms with E-state index in [1.807, 2.05) is 36.9 Å². The molecule has 118 valence electrons. The number of thiophene rings is 1.